The molecule has 6 atom stereocenters. The Hall–Kier alpha value is -2.46. The van der Waals surface area contributed by atoms with E-state index in [0.717, 1.165) is 115 Å². The molecule has 0 aliphatic rings. The summed E-state index contributed by atoms with van der Waals surface area (Å²) in [5.74, 6) is -0.600. The van der Waals surface area contributed by atoms with E-state index in [1.807, 2.05) is 0 Å². The molecule has 554 valence electrons. The van der Waals surface area contributed by atoms with E-state index in [9.17, 15) is 43.2 Å². The van der Waals surface area contributed by atoms with Crippen LogP contribution in [-0.4, -0.2) is 96.7 Å². The number of carbonyl (C=O) groups excluding carboxylic acids is 4. The van der Waals surface area contributed by atoms with Crippen molar-refractivity contribution >= 4 is 39.5 Å². The zero-order valence-corrected chi connectivity index (χ0v) is 62.5. The molecule has 0 aromatic heterocycles. The highest BCUT2D eigenvalue weighted by Gasteiger charge is 2.30. The fraction of sp³-hybridized carbons (Fsp3) is 0.893. The lowest BCUT2D eigenvalue weighted by molar-refractivity contribution is -0.161. The molecule has 0 saturated carbocycles. The molecular formula is C75H142O17P2. The van der Waals surface area contributed by atoms with Gasteiger partial charge in [-0.2, -0.15) is 0 Å². The van der Waals surface area contributed by atoms with Gasteiger partial charge in [-0.05, 0) is 63.2 Å². The van der Waals surface area contributed by atoms with Crippen molar-refractivity contribution in [2.24, 2.45) is 11.8 Å². The molecule has 0 saturated heterocycles. The molecule has 17 nitrogen and oxygen atoms in total. The molecule has 0 aromatic carbocycles. The second kappa shape index (κ2) is 66.4. The van der Waals surface area contributed by atoms with Gasteiger partial charge < -0.3 is 33.8 Å². The normalized spacial score (nSPS) is 14.5. The molecule has 0 heterocycles. The monoisotopic (exact) mass is 1380 g/mol. The number of allylic oxidation sites excluding steroid dienone is 4. The van der Waals surface area contributed by atoms with Gasteiger partial charge in [-0.1, -0.05) is 310 Å². The maximum Gasteiger partial charge on any atom is 0.472 e. The first-order valence-electron chi connectivity index (χ1n) is 38.3. The summed E-state index contributed by atoms with van der Waals surface area (Å²) < 4.78 is 68.5. The van der Waals surface area contributed by atoms with Crippen LogP contribution in [0.25, 0.3) is 0 Å². The maximum atomic E-state index is 13.1. The van der Waals surface area contributed by atoms with Crippen molar-refractivity contribution in [1.82, 2.24) is 0 Å². The van der Waals surface area contributed by atoms with Crippen LogP contribution in [0, 0.1) is 11.8 Å². The molecule has 0 aliphatic carbocycles. The van der Waals surface area contributed by atoms with Crippen LogP contribution >= 0.6 is 15.6 Å². The molecule has 0 amide bonds. The van der Waals surface area contributed by atoms with E-state index >= 15 is 0 Å². The van der Waals surface area contributed by atoms with Gasteiger partial charge in [-0.25, -0.2) is 9.13 Å². The van der Waals surface area contributed by atoms with Gasteiger partial charge in [0.25, 0.3) is 0 Å². The summed E-state index contributed by atoms with van der Waals surface area (Å²) in [6.45, 7) is 9.53. The Labute approximate surface area is 573 Å². The summed E-state index contributed by atoms with van der Waals surface area (Å²) in [6.07, 6.45) is 56.1. The summed E-state index contributed by atoms with van der Waals surface area (Å²) in [5, 5.41) is 10.6. The van der Waals surface area contributed by atoms with E-state index in [0.29, 0.717) is 25.7 Å². The molecule has 94 heavy (non-hydrogen) atoms. The standard InChI is InChI=1S/C75H142O17P2/c1-7-10-12-14-16-18-20-22-23-24-30-34-41-47-53-59-74(79)91-70(63-85-73(78)58-52-46-40-33-29-26-25-27-31-37-43-49-55-67(4)5)65-89-93(81,82)87-61-69(76)62-88-94(83,84)90-66-71(92-75(80)60-54-48-42-36-35-38-44-50-56-68(6)9-3)64-86-72(77)57-51-45-39-32-28-21-19-17-15-13-11-8-2/h18,20,22-23,67-71,76H,7-17,19,21,24-66H2,1-6H3,(H,81,82)(H,83,84)/b20-18-,23-22-/t68?,69-,70-,71-/m1/s1. The molecule has 3 N–H and O–H groups in total. The molecule has 0 spiro atoms. The number of unbranched alkanes of at least 4 members (excludes halogenated alkanes) is 38. The number of aliphatic hydroxyl groups excluding tert-OH is 1. The Balaban J connectivity index is 5.30. The Morgan fingerprint density at radius 2 is 0.628 bits per heavy atom. The van der Waals surface area contributed by atoms with Crippen LogP contribution in [0.4, 0.5) is 0 Å². The number of ether oxygens (including phenoxy) is 4. The van der Waals surface area contributed by atoms with Gasteiger partial charge in [0.15, 0.2) is 12.2 Å². The fourth-order valence-electron chi connectivity index (χ4n) is 10.9. The lowest BCUT2D eigenvalue weighted by Crippen LogP contribution is -2.30. The Bertz CT molecular complexity index is 1920. The number of phosphoric acid groups is 2. The third-order valence-corrected chi connectivity index (χ3v) is 19.1. The van der Waals surface area contributed by atoms with Crippen LogP contribution in [-0.2, 0) is 65.4 Å². The Kier molecular flexibility index (Phi) is 64.7. The van der Waals surface area contributed by atoms with Crippen LogP contribution < -0.4 is 0 Å². The van der Waals surface area contributed by atoms with Crippen molar-refractivity contribution < 1.29 is 80.2 Å². The number of carbonyl (C=O) groups is 4. The summed E-state index contributed by atoms with van der Waals surface area (Å²) in [6, 6.07) is 0. The summed E-state index contributed by atoms with van der Waals surface area (Å²) in [4.78, 5) is 72.8. The third kappa shape index (κ3) is 66.8. The van der Waals surface area contributed by atoms with Crippen molar-refractivity contribution in [3.05, 3.63) is 24.3 Å². The van der Waals surface area contributed by atoms with Gasteiger partial charge in [0.2, 0.25) is 0 Å². The summed E-state index contributed by atoms with van der Waals surface area (Å²) in [7, 11) is -9.92. The number of esters is 4. The average Bonchev–Trinajstić information content (AvgIpc) is 2.33. The second-order valence-corrected chi connectivity index (χ2v) is 30.0. The zero-order chi connectivity index (χ0) is 69.3. The minimum Gasteiger partial charge on any atom is -0.462 e. The second-order valence-electron chi connectivity index (χ2n) is 27.1. The average molecular weight is 1380 g/mol. The third-order valence-electron chi connectivity index (χ3n) is 17.2. The van der Waals surface area contributed by atoms with Crippen molar-refractivity contribution in [3.8, 4) is 0 Å². The predicted molar refractivity (Wildman–Crippen MR) is 381 cm³/mol. The SMILES string of the molecule is CCCCCC/C=C\C=C/CCCCCCCC(=O)O[C@H](COC(=O)CCCCCCCCCCCCCCC(C)C)COP(=O)(O)OC[C@@H](O)COP(=O)(O)OC[C@@H](COC(=O)CCCCCCCCCCCCCC)OC(=O)CCCCCCCCCCC(C)CC. The van der Waals surface area contributed by atoms with Crippen LogP contribution in [0.1, 0.15) is 363 Å². The van der Waals surface area contributed by atoms with Gasteiger partial charge in [0.1, 0.15) is 19.3 Å². The van der Waals surface area contributed by atoms with Crippen LogP contribution in [0.2, 0.25) is 0 Å². The lowest BCUT2D eigenvalue weighted by Gasteiger charge is -2.21. The van der Waals surface area contributed by atoms with E-state index in [2.05, 4.69) is 65.8 Å². The fourth-order valence-corrected chi connectivity index (χ4v) is 12.5. The minimum atomic E-state index is -4.96. The first kappa shape index (κ1) is 91.5. The largest absolute Gasteiger partial charge is 0.472 e. The van der Waals surface area contributed by atoms with Gasteiger partial charge in [-0.15, -0.1) is 0 Å². The Morgan fingerprint density at radius 3 is 0.957 bits per heavy atom. The molecule has 0 bridgehead atoms. The first-order valence-corrected chi connectivity index (χ1v) is 41.3. The van der Waals surface area contributed by atoms with Crippen LogP contribution in [0.15, 0.2) is 24.3 Å². The number of aliphatic hydroxyl groups is 1. The van der Waals surface area contributed by atoms with E-state index in [1.165, 1.54) is 167 Å². The van der Waals surface area contributed by atoms with Crippen molar-refractivity contribution in [2.45, 2.75) is 381 Å². The number of hydrogen-bond donors (Lipinski definition) is 3. The van der Waals surface area contributed by atoms with Crippen LogP contribution in [0.5, 0.6) is 0 Å². The zero-order valence-electron chi connectivity index (χ0n) is 60.7. The molecular weight excluding hydrogens is 1230 g/mol. The van der Waals surface area contributed by atoms with Crippen molar-refractivity contribution in [1.29, 1.82) is 0 Å². The Morgan fingerprint density at radius 1 is 0.351 bits per heavy atom. The maximum absolute atomic E-state index is 13.1. The van der Waals surface area contributed by atoms with Gasteiger partial charge in [-0.3, -0.25) is 37.3 Å². The van der Waals surface area contributed by atoms with E-state index in [4.69, 9.17) is 37.0 Å². The molecule has 19 heteroatoms. The summed E-state index contributed by atoms with van der Waals surface area (Å²) in [5.41, 5.74) is 0. The molecule has 0 rings (SSSR count). The highest BCUT2D eigenvalue weighted by atomic mass is 31.2. The minimum absolute atomic E-state index is 0.0850. The highest BCUT2D eigenvalue weighted by Crippen LogP contribution is 2.45. The lowest BCUT2D eigenvalue weighted by atomic mass is 9.99. The molecule has 0 fully saturated rings. The van der Waals surface area contributed by atoms with Gasteiger partial charge in [0.05, 0.1) is 26.4 Å². The van der Waals surface area contributed by atoms with E-state index in [-0.39, 0.29) is 25.7 Å². The van der Waals surface area contributed by atoms with Crippen molar-refractivity contribution in [2.75, 3.05) is 39.6 Å². The van der Waals surface area contributed by atoms with E-state index < -0.39 is 97.5 Å². The molecule has 0 radical (unpaired) electrons. The van der Waals surface area contributed by atoms with Crippen molar-refractivity contribution in [3.63, 3.8) is 0 Å². The van der Waals surface area contributed by atoms with Gasteiger partial charge in [0, 0.05) is 25.7 Å². The summed E-state index contributed by atoms with van der Waals surface area (Å²) >= 11 is 0. The van der Waals surface area contributed by atoms with Gasteiger partial charge >= 0.3 is 39.5 Å². The smallest absolute Gasteiger partial charge is 0.462 e. The predicted octanol–water partition coefficient (Wildman–Crippen LogP) is 21.5. The number of phosphoric ester groups is 2. The van der Waals surface area contributed by atoms with E-state index in [1.54, 1.807) is 0 Å². The highest BCUT2D eigenvalue weighted by molar-refractivity contribution is 7.47. The van der Waals surface area contributed by atoms with Crippen LogP contribution in [0.3, 0.4) is 0 Å². The molecule has 0 aromatic rings. The quantitative estimate of drug-likeness (QED) is 0.0169. The number of hydrogen-bond acceptors (Lipinski definition) is 15. The number of rotatable bonds is 72. The molecule has 0 aliphatic heterocycles. The topological polar surface area (TPSA) is 237 Å². The molecule has 3 unspecified atom stereocenters. The first-order chi connectivity index (χ1) is 45.4.